The van der Waals surface area contributed by atoms with Gasteiger partial charge in [0, 0.05) is 10.4 Å². The summed E-state index contributed by atoms with van der Waals surface area (Å²) in [5.41, 5.74) is 8.55. The van der Waals surface area contributed by atoms with Gasteiger partial charge in [-0.05, 0) is 47.5 Å². The van der Waals surface area contributed by atoms with Crippen LogP contribution in [0.4, 0.5) is 0 Å². The molecule has 1 aromatic carbocycles. The third-order valence-electron chi connectivity index (χ3n) is 2.82. The summed E-state index contributed by atoms with van der Waals surface area (Å²) >= 11 is 5.21. The molecule has 2 N–H and O–H groups in total. The summed E-state index contributed by atoms with van der Waals surface area (Å²) in [5, 5.41) is 0. The van der Waals surface area contributed by atoms with Gasteiger partial charge in [0.05, 0.1) is 16.4 Å². The normalized spacial score (nSPS) is 12.4. The van der Waals surface area contributed by atoms with Crippen LogP contribution in [-0.4, -0.2) is 6.61 Å². The molecule has 2 rings (SSSR count). The minimum atomic E-state index is -0.143. The van der Waals surface area contributed by atoms with Crippen LogP contribution in [0.5, 0.6) is 5.75 Å². The smallest absolute Gasteiger partial charge is 0.124 e. The minimum absolute atomic E-state index is 0.143. The van der Waals surface area contributed by atoms with Crippen LogP contribution in [0.3, 0.4) is 0 Å². The van der Waals surface area contributed by atoms with E-state index >= 15 is 0 Å². The molecule has 0 aliphatic heterocycles. The van der Waals surface area contributed by atoms with Gasteiger partial charge in [-0.15, -0.1) is 11.3 Å². The zero-order valence-electron chi connectivity index (χ0n) is 10.4. The molecular weight excluding hydrogens is 310 g/mol. The molecule has 1 aromatic heterocycles. The molecule has 0 radical (unpaired) electrons. The van der Waals surface area contributed by atoms with Crippen LogP contribution in [0, 0.1) is 6.92 Å². The van der Waals surface area contributed by atoms with Crippen LogP contribution in [-0.2, 0) is 0 Å². The van der Waals surface area contributed by atoms with Crippen molar-refractivity contribution in [1.29, 1.82) is 0 Å². The molecule has 2 nitrogen and oxygen atoms in total. The monoisotopic (exact) mass is 325 g/mol. The number of thiophene rings is 1. The number of halogens is 1. The summed E-state index contributed by atoms with van der Waals surface area (Å²) in [6.07, 6.45) is 0. The molecule has 2 aromatic rings. The van der Waals surface area contributed by atoms with Crippen LogP contribution in [0.2, 0.25) is 0 Å². The van der Waals surface area contributed by atoms with Gasteiger partial charge in [-0.25, -0.2) is 0 Å². The molecule has 96 valence electrons. The number of para-hydroxylation sites is 1. The summed E-state index contributed by atoms with van der Waals surface area (Å²) in [4.78, 5) is 1.24. The van der Waals surface area contributed by atoms with Crippen molar-refractivity contribution < 1.29 is 4.74 Å². The van der Waals surface area contributed by atoms with E-state index < -0.39 is 0 Å². The zero-order valence-corrected chi connectivity index (χ0v) is 12.8. The lowest BCUT2D eigenvalue weighted by Crippen LogP contribution is -2.13. The molecule has 0 saturated heterocycles. The van der Waals surface area contributed by atoms with Gasteiger partial charge in [-0.3, -0.25) is 0 Å². The lowest BCUT2D eigenvalue weighted by atomic mass is 9.99. The van der Waals surface area contributed by atoms with Crippen molar-refractivity contribution in [2.24, 2.45) is 5.73 Å². The summed E-state index contributed by atoms with van der Waals surface area (Å²) in [6.45, 7) is 4.72. The van der Waals surface area contributed by atoms with Crippen molar-refractivity contribution in [2.75, 3.05) is 6.61 Å². The molecule has 1 unspecified atom stereocenters. The van der Waals surface area contributed by atoms with Gasteiger partial charge in [0.1, 0.15) is 5.75 Å². The Morgan fingerprint density at radius 1 is 1.33 bits per heavy atom. The van der Waals surface area contributed by atoms with E-state index in [9.17, 15) is 0 Å². The van der Waals surface area contributed by atoms with Gasteiger partial charge in [0.15, 0.2) is 0 Å². The standard InChI is InChI=1S/C14H16BrNOS/c1-3-17-12-7-5-4-6-10(12)14(16)11-8-13(15)18-9(11)2/h4-8,14H,3,16H2,1-2H3. The third kappa shape index (κ3) is 2.76. The summed E-state index contributed by atoms with van der Waals surface area (Å²) in [5.74, 6) is 0.870. The van der Waals surface area contributed by atoms with E-state index in [-0.39, 0.29) is 6.04 Å². The molecule has 1 heterocycles. The fourth-order valence-electron chi connectivity index (χ4n) is 1.96. The third-order valence-corrected chi connectivity index (χ3v) is 4.38. The van der Waals surface area contributed by atoms with Crippen LogP contribution >= 0.6 is 27.3 Å². The van der Waals surface area contributed by atoms with E-state index in [1.165, 1.54) is 4.88 Å². The summed E-state index contributed by atoms with van der Waals surface area (Å²) in [6, 6.07) is 9.91. The first-order valence-corrected chi connectivity index (χ1v) is 7.47. The molecular formula is C14H16BrNOS. The van der Waals surface area contributed by atoms with Gasteiger partial charge < -0.3 is 10.5 Å². The van der Waals surface area contributed by atoms with Gasteiger partial charge in [0.25, 0.3) is 0 Å². The van der Waals surface area contributed by atoms with Crippen molar-refractivity contribution >= 4 is 27.3 Å². The second-order valence-electron chi connectivity index (χ2n) is 4.01. The van der Waals surface area contributed by atoms with Crippen LogP contribution in [0.15, 0.2) is 34.1 Å². The lowest BCUT2D eigenvalue weighted by Gasteiger charge is -2.16. The Bertz CT molecular complexity index is 538. The van der Waals surface area contributed by atoms with Crippen molar-refractivity contribution in [2.45, 2.75) is 19.9 Å². The minimum Gasteiger partial charge on any atom is -0.494 e. The quantitative estimate of drug-likeness (QED) is 0.911. The van der Waals surface area contributed by atoms with Gasteiger partial charge in [-0.1, -0.05) is 18.2 Å². The molecule has 0 amide bonds. The van der Waals surface area contributed by atoms with E-state index in [2.05, 4.69) is 28.9 Å². The predicted octanol–water partition coefficient (Wildman–Crippen LogP) is 4.27. The first kappa shape index (κ1) is 13.6. The summed E-state index contributed by atoms with van der Waals surface area (Å²) in [7, 11) is 0. The second-order valence-corrected chi connectivity index (χ2v) is 6.65. The van der Waals surface area contributed by atoms with Crippen molar-refractivity contribution in [3.8, 4) is 5.75 Å². The molecule has 1 atom stereocenters. The zero-order chi connectivity index (χ0) is 13.1. The van der Waals surface area contributed by atoms with E-state index in [0.29, 0.717) is 6.61 Å². The predicted molar refractivity (Wildman–Crippen MR) is 80.4 cm³/mol. The van der Waals surface area contributed by atoms with Crippen molar-refractivity contribution in [3.05, 3.63) is 50.1 Å². The van der Waals surface area contributed by atoms with Crippen LogP contribution in [0.25, 0.3) is 0 Å². The lowest BCUT2D eigenvalue weighted by molar-refractivity contribution is 0.335. The van der Waals surface area contributed by atoms with Gasteiger partial charge >= 0.3 is 0 Å². The largest absolute Gasteiger partial charge is 0.494 e. The number of benzene rings is 1. The maximum atomic E-state index is 6.37. The maximum Gasteiger partial charge on any atom is 0.124 e. The number of aryl methyl sites for hydroxylation is 1. The Morgan fingerprint density at radius 2 is 2.06 bits per heavy atom. The fraction of sp³-hybridized carbons (Fsp3) is 0.286. The highest BCUT2D eigenvalue weighted by atomic mass is 79.9. The van der Waals surface area contributed by atoms with E-state index in [0.717, 1.165) is 20.7 Å². The summed E-state index contributed by atoms with van der Waals surface area (Å²) < 4.78 is 6.75. The highest BCUT2D eigenvalue weighted by Crippen LogP contribution is 2.35. The molecule has 0 aliphatic carbocycles. The second kappa shape index (κ2) is 5.87. The Kier molecular flexibility index (Phi) is 4.43. The van der Waals surface area contributed by atoms with Crippen LogP contribution in [0.1, 0.15) is 29.0 Å². The number of rotatable bonds is 4. The number of hydrogen-bond acceptors (Lipinski definition) is 3. The van der Waals surface area contributed by atoms with E-state index in [1.54, 1.807) is 11.3 Å². The molecule has 0 aliphatic rings. The average molecular weight is 326 g/mol. The maximum absolute atomic E-state index is 6.37. The number of hydrogen-bond donors (Lipinski definition) is 1. The molecule has 0 fully saturated rings. The SMILES string of the molecule is CCOc1ccccc1C(N)c1cc(Br)sc1C. The molecule has 4 heteroatoms. The van der Waals surface area contributed by atoms with Gasteiger partial charge in [-0.2, -0.15) is 0 Å². The molecule has 0 bridgehead atoms. The Labute approximate surface area is 120 Å². The van der Waals surface area contributed by atoms with Crippen LogP contribution < -0.4 is 10.5 Å². The number of ether oxygens (including phenoxy) is 1. The Balaban J connectivity index is 2.39. The highest BCUT2D eigenvalue weighted by molar-refractivity contribution is 9.11. The Morgan fingerprint density at radius 3 is 2.67 bits per heavy atom. The molecule has 0 saturated carbocycles. The molecule has 0 spiro atoms. The molecule has 18 heavy (non-hydrogen) atoms. The Hall–Kier alpha value is -0.840. The first-order chi connectivity index (χ1) is 8.63. The van der Waals surface area contributed by atoms with Crippen molar-refractivity contribution in [1.82, 2.24) is 0 Å². The first-order valence-electron chi connectivity index (χ1n) is 5.86. The topological polar surface area (TPSA) is 35.2 Å². The van der Waals surface area contributed by atoms with Gasteiger partial charge in [0.2, 0.25) is 0 Å². The number of nitrogens with two attached hydrogens (primary N) is 1. The van der Waals surface area contributed by atoms with Crippen molar-refractivity contribution in [3.63, 3.8) is 0 Å². The highest BCUT2D eigenvalue weighted by Gasteiger charge is 2.17. The van der Waals surface area contributed by atoms with E-state index in [4.69, 9.17) is 10.5 Å². The average Bonchev–Trinajstić information content (AvgIpc) is 2.69. The van der Waals surface area contributed by atoms with E-state index in [1.807, 2.05) is 31.2 Å². The fourth-order valence-corrected chi connectivity index (χ4v) is 3.72.